The predicted octanol–water partition coefficient (Wildman–Crippen LogP) is 8.59. The fraction of sp³-hybridized carbons (Fsp3) is 0.438. The molecule has 0 radical (unpaired) electrons. The fourth-order valence-corrected chi connectivity index (χ4v) is 5.93. The van der Waals surface area contributed by atoms with Crippen LogP contribution in [0, 0.1) is 41.2 Å². The molecule has 4 rings (SSSR count). The number of ether oxygens (including phenoxy) is 1. The average molecular weight is 475 g/mol. The molecule has 184 valence electrons. The number of allylic oxidation sites excluding steroid dienone is 2. The summed E-state index contributed by atoms with van der Waals surface area (Å²) in [5.41, 5.74) is 1.36. The van der Waals surface area contributed by atoms with Crippen LogP contribution in [0.15, 0.2) is 61.2 Å². The van der Waals surface area contributed by atoms with Gasteiger partial charge in [-0.15, -0.1) is 0 Å². The first-order valence-electron chi connectivity index (χ1n) is 13.0. The number of hydrogen-bond acceptors (Lipinski definition) is 1. The second-order valence-corrected chi connectivity index (χ2v) is 10.1. The lowest BCUT2D eigenvalue weighted by molar-refractivity contribution is 0.114. The smallest absolute Gasteiger partial charge is 0.174 e. The zero-order chi connectivity index (χ0) is 24.6. The van der Waals surface area contributed by atoms with Crippen molar-refractivity contribution in [3.63, 3.8) is 0 Å². The van der Waals surface area contributed by atoms with Gasteiger partial charge in [0.15, 0.2) is 11.6 Å². The van der Waals surface area contributed by atoms with Crippen molar-refractivity contribution in [1.29, 1.82) is 0 Å². The van der Waals surface area contributed by atoms with Crippen molar-refractivity contribution in [2.45, 2.75) is 64.2 Å². The van der Waals surface area contributed by atoms with E-state index in [4.69, 9.17) is 4.74 Å². The minimum Gasteiger partial charge on any atom is -0.490 e. The molecular formula is C32H36F2O. The van der Waals surface area contributed by atoms with Gasteiger partial charge in [-0.05, 0) is 111 Å². The second kappa shape index (κ2) is 12.2. The van der Waals surface area contributed by atoms with Gasteiger partial charge in [0, 0.05) is 5.56 Å². The Morgan fingerprint density at radius 3 is 2.49 bits per heavy atom. The van der Waals surface area contributed by atoms with Crippen molar-refractivity contribution in [3.05, 3.63) is 89.5 Å². The molecule has 0 N–H and O–H groups in total. The summed E-state index contributed by atoms with van der Waals surface area (Å²) < 4.78 is 35.5. The molecule has 0 aliphatic heterocycles. The highest BCUT2D eigenvalue weighted by Crippen LogP contribution is 2.48. The third-order valence-electron chi connectivity index (χ3n) is 7.81. The summed E-state index contributed by atoms with van der Waals surface area (Å²) >= 11 is 0. The Balaban J connectivity index is 1.39. The van der Waals surface area contributed by atoms with Crippen LogP contribution in [-0.4, -0.2) is 6.61 Å². The zero-order valence-corrected chi connectivity index (χ0v) is 20.7. The molecule has 0 heterocycles. The van der Waals surface area contributed by atoms with E-state index < -0.39 is 11.6 Å². The standard InChI is InChI=1S/C32H36F2O/c1-3-5-6-7-24-9-13-27-22-28(15-14-26(27)21-24)30-19-16-25(31(33)32(30)34)12-8-23-10-17-29(18-11-23)35-20-4-2/h3-5,10-11,16-19,24,26-28H,2,6-7,9,13-15,20-22H2,1H3/b5-3+. The highest BCUT2D eigenvalue weighted by Gasteiger charge is 2.36. The maximum atomic E-state index is 15.1. The van der Waals surface area contributed by atoms with E-state index in [0.717, 1.165) is 36.7 Å². The van der Waals surface area contributed by atoms with E-state index in [-0.39, 0.29) is 11.5 Å². The maximum Gasteiger partial charge on any atom is 0.174 e. The number of halogens is 2. The Kier molecular flexibility index (Phi) is 8.80. The SMILES string of the molecule is C=CCOc1ccc(C#Cc2ccc(C3CCC4CC(CC/C=C/C)CCC4C3)c(F)c2F)cc1. The summed E-state index contributed by atoms with van der Waals surface area (Å²) in [6, 6.07) is 10.6. The van der Waals surface area contributed by atoms with Crippen molar-refractivity contribution in [2.75, 3.05) is 6.61 Å². The van der Waals surface area contributed by atoms with Gasteiger partial charge in [-0.25, -0.2) is 8.78 Å². The number of fused-ring (bicyclic) bond motifs is 1. The van der Waals surface area contributed by atoms with Gasteiger partial charge in [-0.2, -0.15) is 0 Å². The van der Waals surface area contributed by atoms with Gasteiger partial charge in [-0.1, -0.05) is 49.1 Å². The van der Waals surface area contributed by atoms with E-state index in [1.807, 2.05) is 12.1 Å². The molecule has 0 amide bonds. The fourth-order valence-electron chi connectivity index (χ4n) is 5.93. The topological polar surface area (TPSA) is 9.23 Å². The highest BCUT2D eigenvalue weighted by molar-refractivity contribution is 5.46. The van der Waals surface area contributed by atoms with Crippen LogP contribution in [0.3, 0.4) is 0 Å². The molecule has 4 unspecified atom stereocenters. The Bertz CT molecular complexity index is 1090. The Morgan fingerprint density at radius 1 is 0.943 bits per heavy atom. The van der Waals surface area contributed by atoms with Gasteiger partial charge in [0.1, 0.15) is 12.4 Å². The van der Waals surface area contributed by atoms with Crippen LogP contribution in [0.25, 0.3) is 0 Å². The summed E-state index contributed by atoms with van der Waals surface area (Å²) in [7, 11) is 0. The van der Waals surface area contributed by atoms with E-state index >= 15 is 4.39 Å². The lowest BCUT2D eigenvalue weighted by Crippen LogP contribution is -2.30. The molecule has 0 aromatic heterocycles. The van der Waals surface area contributed by atoms with Gasteiger partial charge in [0.05, 0.1) is 5.56 Å². The van der Waals surface area contributed by atoms with Crippen LogP contribution in [0.1, 0.15) is 80.9 Å². The molecular weight excluding hydrogens is 438 g/mol. The number of rotatable bonds is 7. The number of hydrogen-bond donors (Lipinski definition) is 0. The van der Waals surface area contributed by atoms with Crippen LogP contribution in [0.5, 0.6) is 5.75 Å². The van der Waals surface area contributed by atoms with E-state index in [0.29, 0.717) is 23.8 Å². The molecule has 0 saturated heterocycles. The molecule has 2 saturated carbocycles. The average Bonchev–Trinajstić information content (AvgIpc) is 2.89. The summed E-state index contributed by atoms with van der Waals surface area (Å²) in [5, 5.41) is 0. The Morgan fingerprint density at radius 2 is 1.71 bits per heavy atom. The minimum absolute atomic E-state index is 0.105. The first-order chi connectivity index (χ1) is 17.1. The Hall–Kier alpha value is -2.86. The van der Waals surface area contributed by atoms with Gasteiger partial charge >= 0.3 is 0 Å². The van der Waals surface area contributed by atoms with E-state index in [2.05, 4.69) is 37.5 Å². The number of benzene rings is 2. The molecule has 2 aromatic carbocycles. The minimum atomic E-state index is -0.823. The molecule has 0 bridgehead atoms. The Labute approximate surface area is 209 Å². The molecule has 1 nitrogen and oxygen atoms in total. The van der Waals surface area contributed by atoms with E-state index in [1.54, 1.807) is 30.3 Å². The van der Waals surface area contributed by atoms with E-state index in [1.165, 1.54) is 32.1 Å². The van der Waals surface area contributed by atoms with Crippen LogP contribution in [0.4, 0.5) is 8.78 Å². The molecule has 4 atom stereocenters. The molecule has 2 aliphatic carbocycles. The monoisotopic (exact) mass is 474 g/mol. The zero-order valence-electron chi connectivity index (χ0n) is 20.7. The first kappa shape index (κ1) is 25.2. The first-order valence-corrected chi connectivity index (χ1v) is 13.0. The third-order valence-corrected chi connectivity index (χ3v) is 7.81. The van der Waals surface area contributed by atoms with Crippen LogP contribution < -0.4 is 4.74 Å². The van der Waals surface area contributed by atoms with Crippen LogP contribution in [-0.2, 0) is 0 Å². The van der Waals surface area contributed by atoms with Crippen LogP contribution >= 0.6 is 0 Å². The van der Waals surface area contributed by atoms with Crippen molar-refractivity contribution in [3.8, 4) is 17.6 Å². The molecule has 2 fully saturated rings. The van der Waals surface area contributed by atoms with Gasteiger partial charge in [0.25, 0.3) is 0 Å². The van der Waals surface area contributed by atoms with Crippen molar-refractivity contribution < 1.29 is 13.5 Å². The summed E-state index contributed by atoms with van der Waals surface area (Å²) in [6.07, 6.45) is 15.4. The van der Waals surface area contributed by atoms with E-state index in [9.17, 15) is 4.39 Å². The highest BCUT2D eigenvalue weighted by atomic mass is 19.2. The molecule has 35 heavy (non-hydrogen) atoms. The van der Waals surface area contributed by atoms with Crippen molar-refractivity contribution >= 4 is 0 Å². The normalized spacial score (nSPS) is 23.9. The predicted molar refractivity (Wildman–Crippen MR) is 139 cm³/mol. The largest absolute Gasteiger partial charge is 0.490 e. The lowest BCUT2D eigenvalue weighted by Gasteiger charge is -2.42. The van der Waals surface area contributed by atoms with Gasteiger partial charge in [-0.3, -0.25) is 0 Å². The molecule has 2 aromatic rings. The van der Waals surface area contributed by atoms with Gasteiger partial charge in [0.2, 0.25) is 0 Å². The summed E-state index contributed by atoms with van der Waals surface area (Å²) in [6.45, 7) is 6.14. The second-order valence-electron chi connectivity index (χ2n) is 10.1. The maximum absolute atomic E-state index is 15.1. The summed E-state index contributed by atoms with van der Waals surface area (Å²) in [5.74, 6) is 7.25. The molecule has 0 spiro atoms. The molecule has 2 aliphatic rings. The third kappa shape index (κ3) is 6.43. The van der Waals surface area contributed by atoms with Gasteiger partial charge < -0.3 is 4.74 Å². The van der Waals surface area contributed by atoms with Crippen molar-refractivity contribution in [2.24, 2.45) is 17.8 Å². The quantitative estimate of drug-likeness (QED) is 0.288. The lowest BCUT2D eigenvalue weighted by atomic mass is 9.63. The summed E-state index contributed by atoms with van der Waals surface area (Å²) in [4.78, 5) is 0. The van der Waals surface area contributed by atoms with Crippen LogP contribution in [0.2, 0.25) is 0 Å². The van der Waals surface area contributed by atoms with Crippen molar-refractivity contribution in [1.82, 2.24) is 0 Å². The molecule has 3 heteroatoms.